The molecule has 0 N–H and O–H groups in total. The number of ether oxygens (including phenoxy) is 1. The van der Waals surface area contributed by atoms with Crippen molar-refractivity contribution >= 4 is 0 Å². The maximum absolute atomic E-state index is 4.86. The van der Waals surface area contributed by atoms with Gasteiger partial charge in [-0.2, -0.15) is 0 Å². The first-order chi connectivity index (χ1) is 6.24. The number of hydrogen-bond donors (Lipinski definition) is 0. The van der Waals surface area contributed by atoms with Crippen LogP contribution in [0.15, 0.2) is 30.7 Å². The van der Waals surface area contributed by atoms with E-state index in [2.05, 4.69) is 18.0 Å². The highest BCUT2D eigenvalue weighted by atomic mass is 16.5. The average Bonchev–Trinajstić information content (AvgIpc) is 2.15. The molecule has 13 heavy (non-hydrogen) atoms. The van der Waals surface area contributed by atoms with Crippen molar-refractivity contribution in [3.8, 4) is 0 Å². The van der Waals surface area contributed by atoms with Crippen LogP contribution in [0.25, 0.3) is 0 Å². The zero-order valence-corrected chi connectivity index (χ0v) is 8.32. The summed E-state index contributed by atoms with van der Waals surface area (Å²) in [6, 6.07) is 4.11. The molecular formula is C11H15NO. The van der Waals surface area contributed by atoms with Gasteiger partial charge in [0.15, 0.2) is 0 Å². The topological polar surface area (TPSA) is 22.1 Å². The van der Waals surface area contributed by atoms with Crippen LogP contribution in [0.4, 0.5) is 0 Å². The highest BCUT2D eigenvalue weighted by Gasteiger charge is 2.00. The number of aromatic nitrogens is 1. The van der Waals surface area contributed by atoms with Crippen molar-refractivity contribution in [3.63, 3.8) is 0 Å². The van der Waals surface area contributed by atoms with Crippen LogP contribution in [-0.4, -0.2) is 12.1 Å². The minimum Gasteiger partial charge on any atom is -0.505 e. The summed E-state index contributed by atoms with van der Waals surface area (Å²) < 4.78 is 4.86. The first-order valence-electron chi connectivity index (χ1n) is 4.36. The molecule has 0 aliphatic rings. The van der Waals surface area contributed by atoms with Gasteiger partial charge in [-0.1, -0.05) is 13.0 Å². The van der Waals surface area contributed by atoms with Crippen molar-refractivity contribution in [2.45, 2.75) is 19.8 Å². The smallest absolute Gasteiger partial charge is 0.0790 e. The van der Waals surface area contributed by atoms with E-state index in [-0.39, 0.29) is 0 Å². The second-order valence-corrected chi connectivity index (χ2v) is 3.09. The highest BCUT2D eigenvalue weighted by Crippen LogP contribution is 2.15. The molecule has 0 saturated heterocycles. The van der Waals surface area contributed by atoms with Crippen molar-refractivity contribution < 1.29 is 4.74 Å². The van der Waals surface area contributed by atoms with Crippen LogP contribution >= 0.6 is 0 Å². The molecule has 0 saturated carbocycles. The van der Waals surface area contributed by atoms with E-state index in [1.165, 1.54) is 5.56 Å². The second kappa shape index (κ2) is 4.65. The lowest BCUT2D eigenvalue weighted by atomic mass is 10.0. The maximum Gasteiger partial charge on any atom is 0.0790 e. The van der Waals surface area contributed by atoms with Gasteiger partial charge in [-0.25, -0.2) is 0 Å². The fourth-order valence-corrected chi connectivity index (χ4v) is 1.06. The van der Waals surface area contributed by atoms with Crippen LogP contribution in [0, 0.1) is 6.92 Å². The van der Waals surface area contributed by atoms with E-state index in [9.17, 15) is 0 Å². The number of aryl methyl sites for hydroxylation is 1. The number of hydrogen-bond acceptors (Lipinski definition) is 2. The van der Waals surface area contributed by atoms with Gasteiger partial charge in [0.1, 0.15) is 0 Å². The Hall–Kier alpha value is -1.31. The van der Waals surface area contributed by atoms with Gasteiger partial charge in [-0.05, 0) is 24.6 Å². The van der Waals surface area contributed by atoms with E-state index in [0.29, 0.717) is 5.92 Å². The molecule has 1 aromatic heterocycles. The molecule has 1 heterocycles. The lowest BCUT2D eigenvalue weighted by molar-refractivity contribution is 0.336. The number of rotatable bonds is 3. The van der Waals surface area contributed by atoms with Crippen LogP contribution in [0.1, 0.15) is 24.1 Å². The lowest BCUT2D eigenvalue weighted by Crippen LogP contribution is -1.91. The quantitative estimate of drug-likeness (QED) is 0.662. The van der Waals surface area contributed by atoms with Gasteiger partial charge in [-0.3, -0.25) is 4.98 Å². The third kappa shape index (κ3) is 2.90. The van der Waals surface area contributed by atoms with E-state index in [4.69, 9.17) is 4.74 Å². The highest BCUT2D eigenvalue weighted by molar-refractivity contribution is 5.20. The van der Waals surface area contributed by atoms with Gasteiger partial charge in [0.05, 0.1) is 13.4 Å². The Morgan fingerprint density at radius 2 is 2.23 bits per heavy atom. The minimum absolute atomic E-state index is 0.355. The molecule has 0 aliphatic heterocycles. The van der Waals surface area contributed by atoms with Crippen molar-refractivity contribution in [1.29, 1.82) is 0 Å². The second-order valence-electron chi connectivity index (χ2n) is 3.09. The van der Waals surface area contributed by atoms with Crippen LogP contribution < -0.4 is 0 Å². The largest absolute Gasteiger partial charge is 0.505 e. The van der Waals surface area contributed by atoms with Crippen LogP contribution in [0.3, 0.4) is 0 Å². The average molecular weight is 177 g/mol. The van der Waals surface area contributed by atoms with Gasteiger partial charge in [0.25, 0.3) is 0 Å². The summed E-state index contributed by atoms with van der Waals surface area (Å²) in [4.78, 5) is 4.23. The molecule has 1 rings (SSSR count). The van der Waals surface area contributed by atoms with Gasteiger partial charge in [-0.15, -0.1) is 0 Å². The standard InChI is InChI=1S/C11H15NO/c1-9(6-7-13-3)11-5-4-10(2)12-8-11/h4-9H,1-3H3/b7-6+. The van der Waals surface area contributed by atoms with E-state index in [1.807, 2.05) is 25.3 Å². The molecule has 0 aliphatic carbocycles. The molecule has 2 heteroatoms. The molecule has 1 aromatic rings. The third-order valence-electron chi connectivity index (χ3n) is 1.96. The number of nitrogens with zero attached hydrogens (tertiary/aromatic N) is 1. The summed E-state index contributed by atoms with van der Waals surface area (Å²) >= 11 is 0. The molecular weight excluding hydrogens is 162 g/mol. The molecule has 0 fully saturated rings. The Kier molecular flexibility index (Phi) is 3.50. The molecule has 70 valence electrons. The summed E-state index contributed by atoms with van der Waals surface area (Å²) in [7, 11) is 1.65. The van der Waals surface area contributed by atoms with Crippen LogP contribution in [0.2, 0.25) is 0 Å². The molecule has 0 bridgehead atoms. The SMILES string of the molecule is CO/C=C/C(C)c1ccc(C)nc1. The normalized spacial score (nSPS) is 13.2. The molecule has 0 amide bonds. The summed E-state index contributed by atoms with van der Waals surface area (Å²) in [5, 5.41) is 0. The summed E-state index contributed by atoms with van der Waals surface area (Å²) in [5.74, 6) is 0.355. The lowest BCUT2D eigenvalue weighted by Gasteiger charge is -2.05. The monoisotopic (exact) mass is 177 g/mol. The minimum atomic E-state index is 0.355. The summed E-state index contributed by atoms with van der Waals surface area (Å²) in [6.45, 7) is 4.10. The van der Waals surface area contributed by atoms with Crippen molar-refractivity contribution in [2.24, 2.45) is 0 Å². The predicted molar refractivity (Wildman–Crippen MR) is 53.5 cm³/mol. The Labute approximate surface area is 79.3 Å². The van der Waals surface area contributed by atoms with E-state index in [1.54, 1.807) is 13.4 Å². The van der Waals surface area contributed by atoms with Gasteiger partial charge < -0.3 is 4.74 Å². The zero-order chi connectivity index (χ0) is 9.68. The molecule has 1 unspecified atom stereocenters. The molecule has 0 radical (unpaired) electrons. The van der Waals surface area contributed by atoms with E-state index >= 15 is 0 Å². The first kappa shape index (κ1) is 9.78. The number of pyridine rings is 1. The van der Waals surface area contributed by atoms with Crippen molar-refractivity contribution in [1.82, 2.24) is 4.98 Å². The number of allylic oxidation sites excluding steroid dienone is 1. The first-order valence-corrected chi connectivity index (χ1v) is 4.36. The van der Waals surface area contributed by atoms with Crippen LogP contribution in [0.5, 0.6) is 0 Å². The zero-order valence-electron chi connectivity index (χ0n) is 8.32. The van der Waals surface area contributed by atoms with E-state index < -0.39 is 0 Å². The molecule has 0 spiro atoms. The molecule has 1 atom stereocenters. The Bertz CT molecular complexity index is 277. The third-order valence-corrected chi connectivity index (χ3v) is 1.96. The fourth-order valence-electron chi connectivity index (χ4n) is 1.06. The van der Waals surface area contributed by atoms with Gasteiger partial charge >= 0.3 is 0 Å². The van der Waals surface area contributed by atoms with E-state index in [0.717, 1.165) is 5.69 Å². The Morgan fingerprint density at radius 3 is 2.77 bits per heavy atom. The number of methoxy groups -OCH3 is 1. The summed E-state index contributed by atoms with van der Waals surface area (Å²) in [6.07, 6.45) is 5.61. The molecule has 0 aromatic carbocycles. The van der Waals surface area contributed by atoms with Gasteiger partial charge in [0, 0.05) is 17.8 Å². The van der Waals surface area contributed by atoms with Gasteiger partial charge in [0.2, 0.25) is 0 Å². The van der Waals surface area contributed by atoms with Crippen molar-refractivity contribution in [2.75, 3.05) is 7.11 Å². The van der Waals surface area contributed by atoms with Crippen molar-refractivity contribution in [3.05, 3.63) is 41.9 Å². The maximum atomic E-state index is 4.86. The van der Waals surface area contributed by atoms with Crippen LogP contribution in [-0.2, 0) is 4.74 Å². The summed E-state index contributed by atoms with van der Waals surface area (Å²) in [5.41, 5.74) is 2.26. The fraction of sp³-hybridized carbons (Fsp3) is 0.364. The molecule has 2 nitrogen and oxygen atoms in total. The predicted octanol–water partition coefficient (Wildman–Crippen LogP) is 2.65. The Balaban J connectivity index is 2.71. The Morgan fingerprint density at radius 1 is 1.46 bits per heavy atom.